The van der Waals surface area contributed by atoms with Crippen LogP contribution in [0.5, 0.6) is 0 Å². The number of benzene rings is 2. The molecule has 3 aromatic rings. The van der Waals surface area contributed by atoms with E-state index in [4.69, 9.17) is 0 Å². The summed E-state index contributed by atoms with van der Waals surface area (Å²) in [6, 6.07) is 13.1. The molecule has 1 N–H and O–H groups in total. The number of nitrogens with zero attached hydrogens (tertiary/aromatic N) is 1. The van der Waals surface area contributed by atoms with Crippen molar-refractivity contribution in [1.82, 2.24) is 4.98 Å². The molecule has 0 radical (unpaired) electrons. The molecular weight excluding hydrogens is 351 g/mol. The van der Waals surface area contributed by atoms with E-state index < -0.39 is 0 Å². The lowest BCUT2D eigenvalue weighted by molar-refractivity contribution is 0.612. The summed E-state index contributed by atoms with van der Waals surface area (Å²) in [6.07, 6.45) is 1.79. The fourth-order valence-corrected chi connectivity index (χ4v) is 2.96. The minimum atomic E-state index is -0.215. The van der Waals surface area contributed by atoms with E-state index in [-0.39, 0.29) is 5.82 Å². The standard InChI is InChI=1S/C16H12BrFN2S/c17-13-5-4-12(15(18)9-13)10-20-14-3-1-2-11(8-14)16-19-6-7-21-16/h1-9,20H,10H2. The number of aromatic nitrogens is 1. The summed E-state index contributed by atoms with van der Waals surface area (Å²) in [5.41, 5.74) is 2.65. The maximum atomic E-state index is 13.8. The molecule has 0 unspecified atom stereocenters. The lowest BCUT2D eigenvalue weighted by Gasteiger charge is -2.09. The number of rotatable bonds is 4. The van der Waals surface area contributed by atoms with Crippen LogP contribution in [0.4, 0.5) is 10.1 Å². The maximum Gasteiger partial charge on any atom is 0.129 e. The van der Waals surface area contributed by atoms with E-state index in [1.54, 1.807) is 23.6 Å². The van der Waals surface area contributed by atoms with Crippen LogP contribution >= 0.6 is 27.3 Å². The van der Waals surface area contributed by atoms with E-state index in [0.29, 0.717) is 12.1 Å². The van der Waals surface area contributed by atoms with E-state index in [1.165, 1.54) is 6.07 Å². The van der Waals surface area contributed by atoms with Gasteiger partial charge in [-0.25, -0.2) is 9.37 Å². The molecule has 0 fully saturated rings. The van der Waals surface area contributed by atoms with Crippen molar-refractivity contribution >= 4 is 33.0 Å². The zero-order valence-corrected chi connectivity index (χ0v) is 13.4. The lowest BCUT2D eigenvalue weighted by atomic mass is 10.2. The highest BCUT2D eigenvalue weighted by molar-refractivity contribution is 9.10. The number of hydrogen-bond donors (Lipinski definition) is 1. The summed E-state index contributed by atoms with van der Waals surface area (Å²) >= 11 is 4.86. The van der Waals surface area contributed by atoms with Crippen molar-refractivity contribution in [3.63, 3.8) is 0 Å². The third-order valence-electron chi connectivity index (χ3n) is 3.04. The van der Waals surface area contributed by atoms with Crippen molar-refractivity contribution in [3.05, 3.63) is 69.9 Å². The van der Waals surface area contributed by atoms with Gasteiger partial charge in [0.15, 0.2) is 0 Å². The van der Waals surface area contributed by atoms with Crippen molar-refractivity contribution in [2.24, 2.45) is 0 Å². The van der Waals surface area contributed by atoms with Crippen molar-refractivity contribution < 1.29 is 4.39 Å². The predicted molar refractivity (Wildman–Crippen MR) is 89.0 cm³/mol. The van der Waals surface area contributed by atoms with Crippen LogP contribution < -0.4 is 5.32 Å². The molecule has 0 spiro atoms. The molecule has 21 heavy (non-hydrogen) atoms. The SMILES string of the molecule is Fc1cc(Br)ccc1CNc1cccc(-c2nccs2)c1. The van der Waals surface area contributed by atoms with Gasteiger partial charge in [0, 0.05) is 39.4 Å². The molecule has 2 aromatic carbocycles. The Morgan fingerprint density at radius 3 is 2.86 bits per heavy atom. The van der Waals surface area contributed by atoms with Crippen LogP contribution in [0.2, 0.25) is 0 Å². The van der Waals surface area contributed by atoms with Crippen LogP contribution in [0.25, 0.3) is 10.6 Å². The monoisotopic (exact) mass is 362 g/mol. The Kier molecular flexibility index (Phi) is 4.31. The number of nitrogens with one attached hydrogen (secondary N) is 1. The van der Waals surface area contributed by atoms with E-state index in [9.17, 15) is 4.39 Å². The average Bonchev–Trinajstić information content (AvgIpc) is 3.01. The van der Waals surface area contributed by atoms with Crippen molar-refractivity contribution in [1.29, 1.82) is 0 Å². The molecule has 0 saturated carbocycles. The summed E-state index contributed by atoms with van der Waals surface area (Å²) < 4.78 is 14.5. The summed E-state index contributed by atoms with van der Waals surface area (Å²) in [5.74, 6) is -0.215. The number of anilines is 1. The van der Waals surface area contributed by atoms with Gasteiger partial charge in [0.1, 0.15) is 10.8 Å². The van der Waals surface area contributed by atoms with Gasteiger partial charge in [0.2, 0.25) is 0 Å². The van der Waals surface area contributed by atoms with Crippen molar-refractivity contribution in [2.45, 2.75) is 6.54 Å². The smallest absolute Gasteiger partial charge is 0.129 e. The van der Waals surface area contributed by atoms with Crippen molar-refractivity contribution in [3.8, 4) is 10.6 Å². The van der Waals surface area contributed by atoms with Gasteiger partial charge < -0.3 is 5.32 Å². The van der Waals surface area contributed by atoms with Gasteiger partial charge in [-0.2, -0.15) is 0 Å². The van der Waals surface area contributed by atoms with Gasteiger partial charge in [0.05, 0.1) is 0 Å². The van der Waals surface area contributed by atoms with Crippen LogP contribution in [0.15, 0.2) is 58.5 Å². The Labute approximate surface area is 134 Å². The van der Waals surface area contributed by atoms with Gasteiger partial charge in [-0.3, -0.25) is 0 Å². The second-order valence-electron chi connectivity index (χ2n) is 4.51. The third kappa shape index (κ3) is 3.49. The Hall–Kier alpha value is -1.72. The third-order valence-corrected chi connectivity index (χ3v) is 4.36. The van der Waals surface area contributed by atoms with Crippen LogP contribution in [0, 0.1) is 5.82 Å². The highest BCUT2D eigenvalue weighted by Crippen LogP contribution is 2.25. The second kappa shape index (κ2) is 6.37. The zero-order valence-electron chi connectivity index (χ0n) is 11.0. The normalized spacial score (nSPS) is 10.6. The summed E-state index contributed by atoms with van der Waals surface area (Å²) in [6.45, 7) is 0.445. The Morgan fingerprint density at radius 1 is 1.19 bits per heavy atom. The molecule has 0 aliphatic rings. The number of hydrogen-bond acceptors (Lipinski definition) is 3. The zero-order chi connectivity index (χ0) is 14.7. The Bertz CT molecular complexity index is 744. The minimum Gasteiger partial charge on any atom is -0.381 e. The highest BCUT2D eigenvalue weighted by Gasteiger charge is 2.04. The first-order valence-electron chi connectivity index (χ1n) is 6.40. The predicted octanol–water partition coefficient (Wildman–Crippen LogP) is 5.32. The molecule has 2 nitrogen and oxygen atoms in total. The fraction of sp³-hybridized carbons (Fsp3) is 0.0625. The maximum absolute atomic E-state index is 13.8. The second-order valence-corrected chi connectivity index (χ2v) is 6.32. The van der Waals surface area contributed by atoms with Gasteiger partial charge >= 0.3 is 0 Å². The molecule has 0 amide bonds. The van der Waals surface area contributed by atoms with Gasteiger partial charge in [0.25, 0.3) is 0 Å². The highest BCUT2D eigenvalue weighted by atomic mass is 79.9. The molecule has 1 aromatic heterocycles. The molecule has 0 saturated heterocycles. The first-order chi connectivity index (χ1) is 10.2. The molecule has 3 rings (SSSR count). The van der Waals surface area contributed by atoms with Crippen LogP contribution in [-0.2, 0) is 6.54 Å². The first kappa shape index (κ1) is 14.2. The van der Waals surface area contributed by atoms with Crippen molar-refractivity contribution in [2.75, 3.05) is 5.32 Å². The molecule has 0 aliphatic carbocycles. The lowest BCUT2D eigenvalue weighted by Crippen LogP contribution is -2.01. The largest absolute Gasteiger partial charge is 0.381 e. The summed E-state index contributed by atoms with van der Waals surface area (Å²) in [5, 5.41) is 6.18. The minimum absolute atomic E-state index is 0.215. The topological polar surface area (TPSA) is 24.9 Å². The molecule has 5 heteroatoms. The Morgan fingerprint density at radius 2 is 2.10 bits per heavy atom. The van der Waals surface area contributed by atoms with Gasteiger partial charge in [-0.15, -0.1) is 11.3 Å². The summed E-state index contributed by atoms with van der Waals surface area (Å²) in [7, 11) is 0. The number of halogens is 2. The summed E-state index contributed by atoms with van der Waals surface area (Å²) in [4.78, 5) is 4.30. The quantitative estimate of drug-likeness (QED) is 0.678. The van der Waals surface area contributed by atoms with Gasteiger partial charge in [-0.1, -0.05) is 34.1 Å². The van der Waals surface area contributed by atoms with E-state index in [1.807, 2.05) is 35.7 Å². The molecule has 106 valence electrons. The van der Waals surface area contributed by atoms with Gasteiger partial charge in [-0.05, 0) is 24.3 Å². The fourth-order valence-electron chi connectivity index (χ4n) is 1.99. The molecule has 1 heterocycles. The number of thiazole rings is 1. The molecule has 0 aliphatic heterocycles. The van der Waals surface area contributed by atoms with E-state index in [2.05, 4.69) is 26.2 Å². The van der Waals surface area contributed by atoms with Crippen LogP contribution in [0.3, 0.4) is 0 Å². The average molecular weight is 363 g/mol. The Balaban J connectivity index is 1.75. The van der Waals surface area contributed by atoms with E-state index in [0.717, 1.165) is 20.7 Å². The van der Waals surface area contributed by atoms with Crippen LogP contribution in [-0.4, -0.2) is 4.98 Å². The first-order valence-corrected chi connectivity index (χ1v) is 8.07. The van der Waals surface area contributed by atoms with E-state index >= 15 is 0 Å². The van der Waals surface area contributed by atoms with Crippen LogP contribution in [0.1, 0.15) is 5.56 Å². The molecule has 0 bridgehead atoms. The molecule has 0 atom stereocenters. The molecular formula is C16H12BrFN2S.